The maximum Gasteiger partial charge on any atom is 0.213 e. The SMILES string of the molecule is Cc1ccc2nc(C3CCCN(CCCS(=O)(=O)N(C)C)C3)[nH]c2c1. The predicted molar refractivity (Wildman–Crippen MR) is 101 cm³/mol. The van der Waals surface area contributed by atoms with Gasteiger partial charge in [-0.05, 0) is 57.0 Å². The maximum absolute atomic E-state index is 11.9. The van der Waals surface area contributed by atoms with Gasteiger partial charge < -0.3 is 9.88 Å². The average molecular weight is 365 g/mol. The first-order valence-electron chi connectivity index (χ1n) is 8.94. The van der Waals surface area contributed by atoms with E-state index >= 15 is 0 Å². The fourth-order valence-corrected chi connectivity index (χ4v) is 4.33. The topological polar surface area (TPSA) is 69.3 Å². The molecule has 6 nitrogen and oxygen atoms in total. The Bertz CT molecular complexity index is 829. The highest BCUT2D eigenvalue weighted by Gasteiger charge is 2.24. The molecule has 0 saturated carbocycles. The third-order valence-corrected chi connectivity index (χ3v) is 6.90. The molecule has 0 radical (unpaired) electrons. The van der Waals surface area contributed by atoms with Gasteiger partial charge in [0.1, 0.15) is 5.82 Å². The lowest BCUT2D eigenvalue weighted by Crippen LogP contribution is -2.36. The van der Waals surface area contributed by atoms with Crippen LogP contribution in [0.3, 0.4) is 0 Å². The Kier molecular flexibility index (Phi) is 5.46. The van der Waals surface area contributed by atoms with Gasteiger partial charge in [0.05, 0.1) is 16.8 Å². The van der Waals surface area contributed by atoms with Crippen molar-refractivity contribution in [2.75, 3.05) is 39.5 Å². The van der Waals surface area contributed by atoms with Crippen LogP contribution in [0.4, 0.5) is 0 Å². The van der Waals surface area contributed by atoms with Crippen LogP contribution < -0.4 is 0 Å². The molecule has 1 aromatic heterocycles. The molecule has 1 saturated heterocycles. The van der Waals surface area contributed by atoms with Crippen molar-refractivity contribution in [3.63, 3.8) is 0 Å². The number of likely N-dealkylation sites (tertiary alicyclic amines) is 1. The molecule has 2 aromatic rings. The quantitative estimate of drug-likeness (QED) is 0.854. The van der Waals surface area contributed by atoms with Crippen molar-refractivity contribution in [2.24, 2.45) is 0 Å². The van der Waals surface area contributed by atoms with Gasteiger partial charge in [-0.1, -0.05) is 6.07 Å². The summed E-state index contributed by atoms with van der Waals surface area (Å²) in [5.41, 5.74) is 3.36. The number of aromatic nitrogens is 2. The molecule has 1 aliphatic heterocycles. The molecule has 7 heteroatoms. The Labute approximate surface area is 150 Å². The number of nitrogens with zero attached hydrogens (tertiary/aromatic N) is 3. The van der Waals surface area contributed by atoms with Gasteiger partial charge in [-0.15, -0.1) is 0 Å². The third kappa shape index (κ3) is 4.40. The Morgan fingerprint density at radius 2 is 2.16 bits per heavy atom. The van der Waals surface area contributed by atoms with E-state index in [-0.39, 0.29) is 5.75 Å². The first-order chi connectivity index (χ1) is 11.8. The molecule has 0 aliphatic carbocycles. The number of rotatable bonds is 6. The van der Waals surface area contributed by atoms with Crippen molar-refractivity contribution in [3.8, 4) is 0 Å². The molecule has 1 fully saturated rings. The van der Waals surface area contributed by atoms with Crippen LogP contribution in [0.2, 0.25) is 0 Å². The minimum atomic E-state index is -3.10. The summed E-state index contributed by atoms with van der Waals surface area (Å²) in [5, 5.41) is 0. The summed E-state index contributed by atoms with van der Waals surface area (Å²) in [6.07, 6.45) is 2.93. The number of aryl methyl sites for hydroxylation is 1. The summed E-state index contributed by atoms with van der Waals surface area (Å²) < 4.78 is 25.1. The van der Waals surface area contributed by atoms with Crippen LogP contribution in [-0.2, 0) is 10.0 Å². The van der Waals surface area contributed by atoms with E-state index in [4.69, 9.17) is 4.98 Å². The van der Waals surface area contributed by atoms with E-state index in [0.29, 0.717) is 12.3 Å². The normalized spacial score (nSPS) is 19.8. The molecule has 1 unspecified atom stereocenters. The molecule has 1 aromatic carbocycles. The number of H-pyrrole nitrogens is 1. The van der Waals surface area contributed by atoms with E-state index in [1.807, 2.05) is 0 Å². The number of aromatic amines is 1. The van der Waals surface area contributed by atoms with Gasteiger partial charge in [-0.25, -0.2) is 17.7 Å². The number of benzene rings is 1. The van der Waals surface area contributed by atoms with Crippen molar-refractivity contribution in [2.45, 2.75) is 32.1 Å². The number of nitrogens with one attached hydrogen (secondary N) is 1. The third-order valence-electron chi connectivity index (χ3n) is 4.98. The maximum atomic E-state index is 11.9. The molecule has 138 valence electrons. The van der Waals surface area contributed by atoms with Crippen molar-refractivity contribution in [3.05, 3.63) is 29.6 Å². The highest BCUT2D eigenvalue weighted by molar-refractivity contribution is 7.89. The van der Waals surface area contributed by atoms with E-state index < -0.39 is 10.0 Å². The number of hydrogen-bond acceptors (Lipinski definition) is 4. The Balaban J connectivity index is 1.60. The molecule has 1 N–H and O–H groups in total. The number of fused-ring (bicyclic) bond motifs is 1. The zero-order valence-electron chi connectivity index (χ0n) is 15.3. The summed E-state index contributed by atoms with van der Waals surface area (Å²) in [4.78, 5) is 10.6. The summed E-state index contributed by atoms with van der Waals surface area (Å²) in [7, 11) is 0.0876. The van der Waals surface area contributed by atoms with E-state index in [1.165, 1.54) is 9.87 Å². The Morgan fingerprint density at radius 3 is 2.92 bits per heavy atom. The Hall–Kier alpha value is -1.44. The highest BCUT2D eigenvalue weighted by Crippen LogP contribution is 2.27. The molecular weight excluding hydrogens is 336 g/mol. The molecule has 1 atom stereocenters. The molecule has 0 bridgehead atoms. The van der Waals surface area contributed by atoms with E-state index in [0.717, 1.165) is 49.3 Å². The van der Waals surface area contributed by atoms with Gasteiger partial charge in [-0.3, -0.25) is 0 Å². The summed E-state index contributed by atoms with van der Waals surface area (Å²) in [5.74, 6) is 1.67. The lowest BCUT2D eigenvalue weighted by atomic mass is 9.97. The van der Waals surface area contributed by atoms with Crippen molar-refractivity contribution < 1.29 is 8.42 Å². The highest BCUT2D eigenvalue weighted by atomic mass is 32.2. The average Bonchev–Trinajstić information content (AvgIpc) is 2.98. The second kappa shape index (κ2) is 7.43. The van der Waals surface area contributed by atoms with E-state index in [1.54, 1.807) is 14.1 Å². The van der Waals surface area contributed by atoms with Crippen LogP contribution in [0.15, 0.2) is 18.2 Å². The largest absolute Gasteiger partial charge is 0.342 e. The van der Waals surface area contributed by atoms with Crippen LogP contribution in [0, 0.1) is 6.92 Å². The number of imidazole rings is 1. The minimum absolute atomic E-state index is 0.213. The van der Waals surface area contributed by atoms with Gasteiger partial charge in [-0.2, -0.15) is 0 Å². The molecule has 0 spiro atoms. The molecule has 3 rings (SSSR count). The van der Waals surface area contributed by atoms with Crippen LogP contribution in [-0.4, -0.2) is 67.1 Å². The van der Waals surface area contributed by atoms with Gasteiger partial charge in [0.2, 0.25) is 10.0 Å². The van der Waals surface area contributed by atoms with Crippen LogP contribution >= 0.6 is 0 Å². The Morgan fingerprint density at radius 1 is 1.36 bits per heavy atom. The van der Waals surface area contributed by atoms with Crippen LogP contribution in [0.5, 0.6) is 0 Å². The second-order valence-electron chi connectivity index (χ2n) is 7.23. The number of sulfonamides is 1. The van der Waals surface area contributed by atoms with Gasteiger partial charge in [0.15, 0.2) is 0 Å². The molecule has 2 heterocycles. The first kappa shape index (κ1) is 18.4. The standard InChI is InChI=1S/C18H28N4O2S/c1-14-7-8-16-17(12-14)20-18(19-16)15-6-4-9-22(13-15)10-5-11-25(23,24)21(2)3/h7-8,12,15H,4-6,9-11,13H2,1-3H3,(H,19,20). The summed E-state index contributed by atoms with van der Waals surface area (Å²) in [6.45, 7) is 4.89. The van der Waals surface area contributed by atoms with Crippen LogP contribution in [0.25, 0.3) is 11.0 Å². The van der Waals surface area contributed by atoms with Crippen molar-refractivity contribution in [1.29, 1.82) is 0 Å². The van der Waals surface area contributed by atoms with Gasteiger partial charge in [0, 0.05) is 26.6 Å². The van der Waals surface area contributed by atoms with Gasteiger partial charge in [0.25, 0.3) is 0 Å². The zero-order valence-corrected chi connectivity index (χ0v) is 16.1. The smallest absolute Gasteiger partial charge is 0.213 e. The number of piperidine rings is 1. The first-order valence-corrected chi connectivity index (χ1v) is 10.5. The van der Waals surface area contributed by atoms with E-state index in [9.17, 15) is 8.42 Å². The second-order valence-corrected chi connectivity index (χ2v) is 9.54. The lowest BCUT2D eigenvalue weighted by molar-refractivity contribution is 0.205. The zero-order chi connectivity index (χ0) is 18.0. The fourth-order valence-electron chi connectivity index (χ4n) is 3.47. The van der Waals surface area contributed by atoms with Crippen molar-refractivity contribution >= 4 is 21.1 Å². The van der Waals surface area contributed by atoms with Crippen molar-refractivity contribution in [1.82, 2.24) is 19.2 Å². The molecule has 25 heavy (non-hydrogen) atoms. The fraction of sp³-hybridized carbons (Fsp3) is 0.611. The minimum Gasteiger partial charge on any atom is -0.342 e. The predicted octanol–water partition coefficient (Wildman–Crippen LogP) is 2.33. The number of hydrogen-bond donors (Lipinski definition) is 1. The van der Waals surface area contributed by atoms with E-state index in [2.05, 4.69) is 35.0 Å². The monoisotopic (exact) mass is 364 g/mol. The summed E-state index contributed by atoms with van der Waals surface area (Å²) in [6, 6.07) is 6.29. The molecular formula is C18H28N4O2S. The molecule has 0 amide bonds. The van der Waals surface area contributed by atoms with Gasteiger partial charge >= 0.3 is 0 Å². The lowest BCUT2D eigenvalue weighted by Gasteiger charge is -2.31. The molecule has 1 aliphatic rings. The summed E-state index contributed by atoms with van der Waals surface area (Å²) >= 11 is 0. The van der Waals surface area contributed by atoms with Crippen LogP contribution in [0.1, 0.15) is 36.6 Å².